The number of carbonyl (C=O) groups is 1. The Kier molecular flexibility index (Phi) is 3.14. The molecule has 12 heavy (non-hydrogen) atoms. The van der Waals surface area contributed by atoms with Gasteiger partial charge in [-0.3, -0.25) is 0 Å². The molecule has 0 spiro atoms. The van der Waals surface area contributed by atoms with Crippen molar-refractivity contribution in [3.63, 3.8) is 0 Å². The smallest absolute Gasteiger partial charge is 0.321 e. The van der Waals surface area contributed by atoms with Gasteiger partial charge in [-0.1, -0.05) is 13.5 Å². The molecule has 1 unspecified atom stereocenters. The van der Waals surface area contributed by atoms with Crippen LogP contribution in [0.3, 0.4) is 0 Å². The average Bonchev–Trinajstić information content (AvgIpc) is 2.05. The van der Waals surface area contributed by atoms with Gasteiger partial charge in [0.25, 0.3) is 0 Å². The molecule has 1 aliphatic rings. The standard InChI is InChI=1S/C9H16N2O/c1-3-10-9(12)11-6-4-5-8(2)7-11/h3,8H,1,4-7H2,2H3,(H,10,12). The third-order valence-electron chi connectivity index (χ3n) is 2.17. The number of nitrogens with one attached hydrogen (secondary N) is 1. The van der Waals surface area contributed by atoms with Gasteiger partial charge in [-0.2, -0.15) is 0 Å². The van der Waals surface area contributed by atoms with Gasteiger partial charge in [0.1, 0.15) is 0 Å². The minimum absolute atomic E-state index is 0.0171. The summed E-state index contributed by atoms with van der Waals surface area (Å²) in [6.07, 6.45) is 3.78. The summed E-state index contributed by atoms with van der Waals surface area (Å²) in [4.78, 5) is 13.1. The summed E-state index contributed by atoms with van der Waals surface area (Å²) in [5.74, 6) is 0.634. The van der Waals surface area contributed by atoms with E-state index in [9.17, 15) is 4.79 Å². The molecule has 0 aromatic rings. The van der Waals surface area contributed by atoms with E-state index in [1.807, 2.05) is 4.90 Å². The molecule has 1 N–H and O–H groups in total. The van der Waals surface area contributed by atoms with Crippen LogP contribution in [0.4, 0.5) is 4.79 Å². The Labute approximate surface area is 73.4 Å². The summed E-state index contributed by atoms with van der Waals surface area (Å²) in [6.45, 7) is 7.38. The highest BCUT2D eigenvalue weighted by Crippen LogP contribution is 2.14. The predicted molar refractivity (Wildman–Crippen MR) is 48.7 cm³/mol. The second kappa shape index (κ2) is 4.14. The quantitative estimate of drug-likeness (QED) is 0.633. The maximum atomic E-state index is 11.3. The molecule has 0 bridgehead atoms. The molecule has 3 nitrogen and oxygen atoms in total. The van der Waals surface area contributed by atoms with Crippen LogP contribution in [-0.4, -0.2) is 24.0 Å². The van der Waals surface area contributed by atoms with Crippen LogP contribution in [0.15, 0.2) is 12.8 Å². The maximum absolute atomic E-state index is 11.3. The Morgan fingerprint density at radius 3 is 3.08 bits per heavy atom. The highest BCUT2D eigenvalue weighted by atomic mass is 16.2. The van der Waals surface area contributed by atoms with Gasteiger partial charge in [0, 0.05) is 13.1 Å². The normalized spacial score (nSPS) is 23.4. The molecule has 0 aliphatic carbocycles. The molecule has 1 atom stereocenters. The van der Waals surface area contributed by atoms with Crippen molar-refractivity contribution >= 4 is 6.03 Å². The van der Waals surface area contributed by atoms with Crippen molar-refractivity contribution in [1.29, 1.82) is 0 Å². The van der Waals surface area contributed by atoms with Crippen molar-refractivity contribution in [2.75, 3.05) is 13.1 Å². The number of nitrogens with zero attached hydrogens (tertiary/aromatic N) is 1. The largest absolute Gasteiger partial charge is 0.324 e. The van der Waals surface area contributed by atoms with E-state index in [2.05, 4.69) is 18.8 Å². The number of amides is 2. The molecule has 1 saturated heterocycles. The number of hydrogen-bond donors (Lipinski definition) is 1. The van der Waals surface area contributed by atoms with Crippen molar-refractivity contribution in [2.24, 2.45) is 5.92 Å². The molecule has 0 saturated carbocycles. The van der Waals surface area contributed by atoms with E-state index in [4.69, 9.17) is 0 Å². The van der Waals surface area contributed by atoms with Crippen molar-refractivity contribution in [2.45, 2.75) is 19.8 Å². The van der Waals surface area contributed by atoms with Crippen molar-refractivity contribution in [3.05, 3.63) is 12.8 Å². The van der Waals surface area contributed by atoms with Gasteiger partial charge in [-0.05, 0) is 25.0 Å². The summed E-state index contributed by atoms with van der Waals surface area (Å²) in [5.41, 5.74) is 0. The highest BCUT2D eigenvalue weighted by Gasteiger charge is 2.19. The van der Waals surface area contributed by atoms with Gasteiger partial charge in [0.2, 0.25) is 0 Å². The zero-order valence-corrected chi connectivity index (χ0v) is 7.55. The Morgan fingerprint density at radius 1 is 1.75 bits per heavy atom. The van der Waals surface area contributed by atoms with E-state index in [1.165, 1.54) is 12.6 Å². The molecule has 3 heteroatoms. The lowest BCUT2D eigenvalue weighted by atomic mass is 10.0. The second-order valence-corrected chi connectivity index (χ2v) is 3.35. The number of likely N-dealkylation sites (tertiary alicyclic amines) is 1. The first kappa shape index (κ1) is 9.10. The Hall–Kier alpha value is -0.990. The van der Waals surface area contributed by atoms with Crippen molar-refractivity contribution in [1.82, 2.24) is 10.2 Å². The molecule has 1 rings (SSSR count). The van der Waals surface area contributed by atoms with Gasteiger partial charge in [-0.25, -0.2) is 4.79 Å². The molecule has 0 aromatic carbocycles. The zero-order valence-electron chi connectivity index (χ0n) is 7.55. The maximum Gasteiger partial charge on any atom is 0.321 e. The number of carbonyl (C=O) groups excluding carboxylic acids is 1. The number of rotatable bonds is 1. The average molecular weight is 168 g/mol. The number of hydrogen-bond acceptors (Lipinski definition) is 1. The fraction of sp³-hybridized carbons (Fsp3) is 0.667. The van der Waals surface area contributed by atoms with Crippen LogP contribution in [0.25, 0.3) is 0 Å². The first-order chi connectivity index (χ1) is 5.74. The number of piperidine rings is 1. The highest BCUT2D eigenvalue weighted by molar-refractivity contribution is 5.75. The third kappa shape index (κ3) is 2.26. The predicted octanol–water partition coefficient (Wildman–Crippen LogP) is 1.57. The van der Waals surface area contributed by atoms with Crippen molar-refractivity contribution in [3.8, 4) is 0 Å². The molecule has 0 radical (unpaired) electrons. The van der Waals surface area contributed by atoms with E-state index >= 15 is 0 Å². The summed E-state index contributed by atoms with van der Waals surface area (Å²) in [5, 5.41) is 2.59. The van der Waals surface area contributed by atoms with E-state index in [-0.39, 0.29) is 6.03 Å². The molecule has 1 heterocycles. The molecular weight excluding hydrogens is 152 g/mol. The first-order valence-corrected chi connectivity index (χ1v) is 4.40. The van der Waals surface area contributed by atoms with Gasteiger partial charge >= 0.3 is 6.03 Å². The van der Waals surface area contributed by atoms with Gasteiger partial charge in [0.15, 0.2) is 0 Å². The molecule has 68 valence electrons. The van der Waals surface area contributed by atoms with Gasteiger partial charge in [0.05, 0.1) is 0 Å². The minimum Gasteiger partial charge on any atom is -0.324 e. The van der Waals surface area contributed by atoms with Gasteiger partial charge in [-0.15, -0.1) is 0 Å². The van der Waals surface area contributed by atoms with Crippen LogP contribution in [-0.2, 0) is 0 Å². The molecule has 0 aromatic heterocycles. The van der Waals surface area contributed by atoms with Crippen LogP contribution < -0.4 is 5.32 Å². The van der Waals surface area contributed by atoms with Crippen LogP contribution >= 0.6 is 0 Å². The van der Waals surface area contributed by atoms with Gasteiger partial charge < -0.3 is 10.2 Å². The lowest BCUT2D eigenvalue weighted by Gasteiger charge is -2.30. The van der Waals surface area contributed by atoms with Crippen LogP contribution in [0, 0.1) is 5.92 Å². The lowest BCUT2D eigenvalue weighted by molar-refractivity contribution is 0.173. The lowest BCUT2D eigenvalue weighted by Crippen LogP contribution is -2.43. The van der Waals surface area contributed by atoms with E-state index < -0.39 is 0 Å². The van der Waals surface area contributed by atoms with E-state index in [0.29, 0.717) is 5.92 Å². The van der Waals surface area contributed by atoms with E-state index in [0.717, 1.165) is 19.5 Å². The van der Waals surface area contributed by atoms with Crippen LogP contribution in [0.5, 0.6) is 0 Å². The number of urea groups is 1. The Bertz CT molecular complexity index is 179. The molecule has 2 amide bonds. The molecule has 1 fully saturated rings. The summed E-state index contributed by atoms with van der Waals surface area (Å²) in [7, 11) is 0. The van der Waals surface area contributed by atoms with E-state index in [1.54, 1.807) is 0 Å². The fourth-order valence-electron chi connectivity index (χ4n) is 1.55. The summed E-state index contributed by atoms with van der Waals surface area (Å²) in [6, 6.07) is -0.0171. The first-order valence-electron chi connectivity index (χ1n) is 4.40. The fourth-order valence-corrected chi connectivity index (χ4v) is 1.55. The molecular formula is C9H16N2O. The monoisotopic (exact) mass is 168 g/mol. The summed E-state index contributed by atoms with van der Waals surface area (Å²) < 4.78 is 0. The van der Waals surface area contributed by atoms with Crippen LogP contribution in [0.1, 0.15) is 19.8 Å². The summed E-state index contributed by atoms with van der Waals surface area (Å²) >= 11 is 0. The Balaban J connectivity index is 2.39. The molecule has 1 aliphatic heterocycles. The zero-order chi connectivity index (χ0) is 8.97. The van der Waals surface area contributed by atoms with Crippen LogP contribution in [0.2, 0.25) is 0 Å². The minimum atomic E-state index is -0.0171. The Morgan fingerprint density at radius 2 is 2.50 bits per heavy atom. The third-order valence-corrected chi connectivity index (χ3v) is 2.17. The SMILES string of the molecule is C=CNC(=O)N1CCCC(C)C1. The topological polar surface area (TPSA) is 32.3 Å². The second-order valence-electron chi connectivity index (χ2n) is 3.35. The van der Waals surface area contributed by atoms with Crippen molar-refractivity contribution < 1.29 is 4.79 Å².